The molecule has 9 nitrogen and oxygen atoms in total. The maximum absolute atomic E-state index is 11.6. The first-order valence-corrected chi connectivity index (χ1v) is 5.10. The predicted octanol–water partition coefficient (Wildman–Crippen LogP) is -0.402. The third kappa shape index (κ3) is 3.14. The molecule has 0 aliphatic carbocycles. The van der Waals surface area contributed by atoms with E-state index in [1.165, 1.54) is 24.0 Å². The summed E-state index contributed by atoms with van der Waals surface area (Å²) < 4.78 is 1.31. The number of imidazole rings is 1. The van der Waals surface area contributed by atoms with Gasteiger partial charge in [-0.2, -0.15) is 0 Å². The van der Waals surface area contributed by atoms with E-state index in [2.05, 4.69) is 30.9 Å². The minimum Gasteiger partial charge on any atom is -0.331 e. The van der Waals surface area contributed by atoms with Crippen LogP contribution >= 0.6 is 0 Å². The molecule has 0 saturated carbocycles. The Morgan fingerprint density at radius 1 is 1.44 bits per heavy atom. The number of carbonyl (C=O) groups excluding carboxylic acids is 2. The van der Waals surface area contributed by atoms with E-state index in [1.54, 1.807) is 6.20 Å². The van der Waals surface area contributed by atoms with Crippen molar-refractivity contribution < 1.29 is 9.59 Å². The molecule has 2 heterocycles. The molecule has 3 N–H and O–H groups in total. The van der Waals surface area contributed by atoms with Gasteiger partial charge in [0.25, 0.3) is 0 Å². The molecule has 0 fully saturated rings. The van der Waals surface area contributed by atoms with Crippen LogP contribution in [0.5, 0.6) is 0 Å². The Morgan fingerprint density at radius 2 is 2.28 bits per heavy atom. The van der Waals surface area contributed by atoms with Gasteiger partial charge in [-0.25, -0.2) is 9.67 Å². The van der Waals surface area contributed by atoms with E-state index in [0.29, 0.717) is 11.8 Å². The second-order valence-corrected chi connectivity index (χ2v) is 3.47. The van der Waals surface area contributed by atoms with Crippen LogP contribution < -0.4 is 10.6 Å². The van der Waals surface area contributed by atoms with E-state index in [1.807, 2.05) is 0 Å². The zero-order valence-electron chi connectivity index (χ0n) is 9.54. The summed E-state index contributed by atoms with van der Waals surface area (Å²) in [5.41, 5.74) is 0. The summed E-state index contributed by atoms with van der Waals surface area (Å²) in [6, 6.07) is 0. The SMILES string of the molecule is CC(=O)Nc1cn(CC(=O)Nc2ncc[nH]2)nn1. The number of aromatic amines is 1. The maximum Gasteiger partial charge on any atom is 0.248 e. The summed E-state index contributed by atoms with van der Waals surface area (Å²) >= 11 is 0. The van der Waals surface area contributed by atoms with Crippen molar-refractivity contribution in [3.8, 4) is 0 Å². The Morgan fingerprint density at radius 3 is 2.94 bits per heavy atom. The van der Waals surface area contributed by atoms with Crippen LogP contribution in [0.15, 0.2) is 18.6 Å². The van der Waals surface area contributed by atoms with Crippen molar-refractivity contribution in [2.45, 2.75) is 13.5 Å². The normalized spacial score (nSPS) is 10.1. The van der Waals surface area contributed by atoms with Crippen molar-refractivity contribution in [2.75, 3.05) is 10.6 Å². The van der Waals surface area contributed by atoms with Gasteiger partial charge < -0.3 is 10.3 Å². The van der Waals surface area contributed by atoms with Crippen LogP contribution in [0.25, 0.3) is 0 Å². The zero-order valence-corrected chi connectivity index (χ0v) is 9.54. The van der Waals surface area contributed by atoms with Crippen LogP contribution in [-0.2, 0) is 16.1 Å². The van der Waals surface area contributed by atoms with Gasteiger partial charge in [-0.1, -0.05) is 5.21 Å². The number of hydrogen-bond donors (Lipinski definition) is 3. The lowest BCUT2D eigenvalue weighted by molar-refractivity contribution is -0.117. The molecule has 9 heteroatoms. The van der Waals surface area contributed by atoms with Gasteiger partial charge in [0.2, 0.25) is 17.8 Å². The molecule has 2 rings (SSSR count). The Kier molecular flexibility index (Phi) is 3.32. The lowest BCUT2D eigenvalue weighted by atomic mass is 10.5. The molecular weight excluding hydrogens is 238 g/mol. The fourth-order valence-corrected chi connectivity index (χ4v) is 1.27. The number of aromatic nitrogens is 5. The summed E-state index contributed by atoms with van der Waals surface area (Å²) in [6.07, 6.45) is 4.59. The van der Waals surface area contributed by atoms with E-state index in [-0.39, 0.29) is 18.4 Å². The highest BCUT2D eigenvalue weighted by molar-refractivity contribution is 5.89. The summed E-state index contributed by atoms with van der Waals surface area (Å²) in [5, 5.41) is 12.4. The number of carbonyl (C=O) groups is 2. The third-order valence-electron chi connectivity index (χ3n) is 1.90. The highest BCUT2D eigenvalue weighted by Crippen LogP contribution is 2.00. The molecule has 2 aromatic rings. The maximum atomic E-state index is 11.6. The van der Waals surface area contributed by atoms with Gasteiger partial charge in [0.15, 0.2) is 5.82 Å². The summed E-state index contributed by atoms with van der Waals surface area (Å²) in [6.45, 7) is 1.34. The number of rotatable bonds is 4. The second kappa shape index (κ2) is 5.08. The minimum atomic E-state index is -0.302. The van der Waals surface area contributed by atoms with Crippen LogP contribution in [0.1, 0.15) is 6.92 Å². The van der Waals surface area contributed by atoms with E-state index in [0.717, 1.165) is 0 Å². The van der Waals surface area contributed by atoms with Crippen molar-refractivity contribution in [1.82, 2.24) is 25.0 Å². The molecule has 0 aromatic carbocycles. The van der Waals surface area contributed by atoms with Crippen LogP contribution in [0.3, 0.4) is 0 Å². The number of nitrogens with one attached hydrogen (secondary N) is 3. The van der Waals surface area contributed by atoms with Crippen LogP contribution in [-0.4, -0.2) is 36.8 Å². The van der Waals surface area contributed by atoms with E-state index in [4.69, 9.17) is 0 Å². The number of nitrogens with zero attached hydrogens (tertiary/aromatic N) is 4. The number of hydrogen-bond acceptors (Lipinski definition) is 5. The first kappa shape index (κ1) is 11.8. The molecule has 18 heavy (non-hydrogen) atoms. The quantitative estimate of drug-likeness (QED) is 0.681. The number of anilines is 2. The molecule has 0 spiro atoms. The molecule has 0 aliphatic rings. The van der Waals surface area contributed by atoms with Crippen LogP contribution in [0, 0.1) is 0 Å². The Labute approximate surface area is 102 Å². The fraction of sp³-hybridized carbons (Fsp3) is 0.222. The lowest BCUT2D eigenvalue weighted by Gasteiger charge is -2.00. The van der Waals surface area contributed by atoms with E-state index >= 15 is 0 Å². The molecule has 0 aliphatic heterocycles. The van der Waals surface area contributed by atoms with Gasteiger partial charge in [0.1, 0.15) is 6.54 Å². The smallest absolute Gasteiger partial charge is 0.248 e. The van der Waals surface area contributed by atoms with Crippen molar-refractivity contribution in [3.63, 3.8) is 0 Å². The third-order valence-corrected chi connectivity index (χ3v) is 1.90. The summed E-state index contributed by atoms with van der Waals surface area (Å²) in [5.74, 6) is 0.113. The number of amides is 2. The topological polar surface area (TPSA) is 118 Å². The van der Waals surface area contributed by atoms with Crippen molar-refractivity contribution in [1.29, 1.82) is 0 Å². The molecule has 0 bridgehead atoms. The molecule has 2 aromatic heterocycles. The predicted molar refractivity (Wildman–Crippen MR) is 61.5 cm³/mol. The average molecular weight is 249 g/mol. The molecule has 2 amide bonds. The highest BCUT2D eigenvalue weighted by atomic mass is 16.2. The molecular formula is C9H11N7O2. The molecule has 0 atom stereocenters. The van der Waals surface area contributed by atoms with Crippen molar-refractivity contribution in [2.24, 2.45) is 0 Å². The van der Waals surface area contributed by atoms with Crippen molar-refractivity contribution >= 4 is 23.6 Å². The van der Waals surface area contributed by atoms with E-state index in [9.17, 15) is 9.59 Å². The van der Waals surface area contributed by atoms with Crippen LogP contribution in [0.2, 0.25) is 0 Å². The van der Waals surface area contributed by atoms with E-state index < -0.39 is 0 Å². The van der Waals surface area contributed by atoms with Gasteiger partial charge in [-0.15, -0.1) is 5.10 Å². The second-order valence-electron chi connectivity index (χ2n) is 3.47. The molecule has 0 radical (unpaired) electrons. The summed E-state index contributed by atoms with van der Waals surface area (Å²) in [7, 11) is 0. The van der Waals surface area contributed by atoms with Gasteiger partial charge in [-0.3, -0.25) is 14.9 Å². The van der Waals surface area contributed by atoms with Crippen molar-refractivity contribution in [3.05, 3.63) is 18.6 Å². The monoisotopic (exact) mass is 249 g/mol. The zero-order chi connectivity index (χ0) is 13.0. The van der Waals surface area contributed by atoms with Gasteiger partial charge in [0, 0.05) is 19.3 Å². The van der Waals surface area contributed by atoms with Crippen LogP contribution in [0.4, 0.5) is 11.8 Å². The number of H-pyrrole nitrogens is 1. The highest BCUT2D eigenvalue weighted by Gasteiger charge is 2.07. The van der Waals surface area contributed by atoms with Gasteiger partial charge in [0.05, 0.1) is 6.20 Å². The van der Waals surface area contributed by atoms with Gasteiger partial charge >= 0.3 is 0 Å². The first-order valence-electron chi connectivity index (χ1n) is 5.10. The first-order chi connectivity index (χ1) is 8.63. The lowest BCUT2D eigenvalue weighted by Crippen LogP contribution is -2.19. The standard InChI is InChI=1S/C9H11N7O2/c1-6(17)12-7-4-16(15-14-7)5-8(18)13-9-10-2-3-11-9/h2-4H,5H2,1H3,(H,12,17)(H2,10,11,13,18). The molecule has 0 unspecified atom stereocenters. The average Bonchev–Trinajstić information content (AvgIpc) is 2.89. The largest absolute Gasteiger partial charge is 0.331 e. The Balaban J connectivity index is 1.91. The molecule has 0 saturated heterocycles. The molecule has 94 valence electrons. The Hall–Kier alpha value is -2.71. The fourth-order valence-electron chi connectivity index (χ4n) is 1.27. The van der Waals surface area contributed by atoms with Gasteiger partial charge in [-0.05, 0) is 0 Å². The minimum absolute atomic E-state index is 0.0206. The Bertz CT molecular complexity index is 545. The summed E-state index contributed by atoms with van der Waals surface area (Å²) in [4.78, 5) is 28.9.